The van der Waals surface area contributed by atoms with Gasteiger partial charge in [-0.1, -0.05) is 17.7 Å². The van der Waals surface area contributed by atoms with Gasteiger partial charge in [0, 0.05) is 37.8 Å². The van der Waals surface area contributed by atoms with Gasteiger partial charge in [0.25, 0.3) is 5.91 Å². The van der Waals surface area contributed by atoms with Crippen molar-refractivity contribution in [3.8, 4) is 0 Å². The van der Waals surface area contributed by atoms with Crippen molar-refractivity contribution >= 4 is 11.8 Å². The maximum absolute atomic E-state index is 12.6. The molecule has 1 aliphatic carbocycles. The highest BCUT2D eigenvalue weighted by Crippen LogP contribution is 2.18. The average molecular weight is 315 g/mol. The van der Waals surface area contributed by atoms with Crippen LogP contribution in [0.5, 0.6) is 0 Å². The summed E-state index contributed by atoms with van der Waals surface area (Å²) in [6.45, 7) is 7.35. The van der Waals surface area contributed by atoms with E-state index in [-0.39, 0.29) is 11.8 Å². The van der Waals surface area contributed by atoms with E-state index in [9.17, 15) is 9.59 Å². The third-order valence-corrected chi connectivity index (χ3v) is 4.58. The predicted octanol–water partition coefficient (Wildman–Crippen LogP) is 1.34. The summed E-state index contributed by atoms with van der Waals surface area (Å²) >= 11 is 0. The normalized spacial score (nSPS) is 18.8. The minimum Gasteiger partial charge on any atom is -0.352 e. The molecule has 0 atom stereocenters. The Bertz CT molecular complexity index is 602. The molecule has 2 fully saturated rings. The number of carbonyl (C=O) groups excluding carboxylic acids is 2. The van der Waals surface area contributed by atoms with Gasteiger partial charge >= 0.3 is 0 Å². The lowest BCUT2D eigenvalue weighted by atomic mass is 10.0. The molecule has 1 N–H and O–H groups in total. The molecule has 5 heteroatoms. The number of amides is 2. The predicted molar refractivity (Wildman–Crippen MR) is 89.4 cm³/mol. The van der Waals surface area contributed by atoms with Gasteiger partial charge in [0.1, 0.15) is 0 Å². The first kappa shape index (κ1) is 16.0. The zero-order chi connectivity index (χ0) is 16.4. The molecule has 1 saturated carbocycles. The number of hydrogen-bond donors (Lipinski definition) is 1. The van der Waals surface area contributed by atoms with Crippen molar-refractivity contribution in [3.05, 3.63) is 34.9 Å². The first-order valence-corrected chi connectivity index (χ1v) is 8.41. The molecular weight excluding hydrogens is 290 g/mol. The summed E-state index contributed by atoms with van der Waals surface area (Å²) in [6, 6.07) is 6.36. The van der Waals surface area contributed by atoms with Gasteiger partial charge in [-0.2, -0.15) is 0 Å². The van der Waals surface area contributed by atoms with E-state index < -0.39 is 0 Å². The summed E-state index contributed by atoms with van der Waals surface area (Å²) < 4.78 is 0. The highest BCUT2D eigenvalue weighted by Gasteiger charge is 2.26. The van der Waals surface area contributed by atoms with Crippen molar-refractivity contribution in [3.63, 3.8) is 0 Å². The van der Waals surface area contributed by atoms with Gasteiger partial charge in [0.2, 0.25) is 5.91 Å². The second kappa shape index (κ2) is 6.71. The molecule has 0 unspecified atom stereocenters. The first-order valence-electron chi connectivity index (χ1n) is 8.41. The van der Waals surface area contributed by atoms with E-state index in [0.29, 0.717) is 25.7 Å². The van der Waals surface area contributed by atoms with Gasteiger partial charge in [-0.3, -0.25) is 14.5 Å². The zero-order valence-electron chi connectivity index (χ0n) is 14.0. The lowest BCUT2D eigenvalue weighted by molar-refractivity contribution is -0.122. The Morgan fingerprint density at radius 2 is 1.83 bits per heavy atom. The Kier molecular flexibility index (Phi) is 4.66. The zero-order valence-corrected chi connectivity index (χ0v) is 14.0. The van der Waals surface area contributed by atoms with Crippen molar-refractivity contribution in [2.45, 2.75) is 32.7 Å². The molecule has 1 aromatic carbocycles. The molecule has 1 saturated heterocycles. The van der Waals surface area contributed by atoms with Crippen LogP contribution in [0.25, 0.3) is 0 Å². The van der Waals surface area contributed by atoms with E-state index in [0.717, 1.165) is 37.1 Å². The Hall–Kier alpha value is -1.88. The molecule has 1 aromatic rings. The number of nitrogens with one attached hydrogen (secondary N) is 1. The van der Waals surface area contributed by atoms with E-state index in [1.807, 2.05) is 36.9 Å². The number of nitrogens with zero attached hydrogens (tertiary/aromatic N) is 2. The van der Waals surface area contributed by atoms with Crippen molar-refractivity contribution in [1.82, 2.24) is 15.1 Å². The fourth-order valence-electron chi connectivity index (χ4n) is 3.04. The maximum Gasteiger partial charge on any atom is 0.254 e. The van der Waals surface area contributed by atoms with Crippen molar-refractivity contribution in [2.75, 3.05) is 32.7 Å². The Balaban J connectivity index is 1.51. The topological polar surface area (TPSA) is 52.7 Å². The molecule has 124 valence electrons. The summed E-state index contributed by atoms with van der Waals surface area (Å²) in [6.07, 6.45) is 2.23. The molecule has 2 amide bonds. The highest BCUT2D eigenvalue weighted by atomic mass is 16.2. The first-order chi connectivity index (χ1) is 11.0. The van der Waals surface area contributed by atoms with Gasteiger partial charge in [-0.05, 0) is 38.3 Å². The fourth-order valence-corrected chi connectivity index (χ4v) is 3.04. The van der Waals surface area contributed by atoms with Crippen LogP contribution in [-0.4, -0.2) is 60.4 Å². The number of rotatable bonds is 4. The summed E-state index contributed by atoms with van der Waals surface area (Å²) in [5, 5.41) is 3.01. The van der Waals surface area contributed by atoms with Crippen LogP contribution in [0.15, 0.2) is 18.2 Å². The summed E-state index contributed by atoms with van der Waals surface area (Å²) in [5.41, 5.74) is 2.99. The molecule has 5 nitrogen and oxygen atoms in total. The van der Waals surface area contributed by atoms with Crippen molar-refractivity contribution in [2.24, 2.45) is 0 Å². The molecule has 2 aliphatic rings. The minimum absolute atomic E-state index is 0.101. The van der Waals surface area contributed by atoms with E-state index >= 15 is 0 Å². The van der Waals surface area contributed by atoms with Crippen molar-refractivity contribution in [1.29, 1.82) is 0 Å². The second-order valence-corrected chi connectivity index (χ2v) is 6.73. The summed E-state index contributed by atoms with van der Waals surface area (Å²) in [5.74, 6) is 0.214. The monoisotopic (exact) mass is 315 g/mol. The number of piperazine rings is 1. The van der Waals surface area contributed by atoms with Gasteiger partial charge in [0.05, 0.1) is 6.54 Å². The number of benzene rings is 1. The van der Waals surface area contributed by atoms with E-state index in [1.54, 1.807) is 0 Å². The maximum atomic E-state index is 12.6. The largest absolute Gasteiger partial charge is 0.352 e. The molecule has 0 radical (unpaired) electrons. The van der Waals surface area contributed by atoms with E-state index in [1.165, 1.54) is 5.56 Å². The van der Waals surface area contributed by atoms with Gasteiger partial charge in [-0.25, -0.2) is 0 Å². The van der Waals surface area contributed by atoms with Crippen LogP contribution in [0, 0.1) is 13.8 Å². The molecule has 1 aliphatic heterocycles. The highest BCUT2D eigenvalue weighted by molar-refractivity contribution is 5.95. The molecule has 0 spiro atoms. The number of hydrogen-bond acceptors (Lipinski definition) is 3. The molecular formula is C18H25N3O2. The van der Waals surface area contributed by atoms with Crippen LogP contribution < -0.4 is 5.32 Å². The fraction of sp³-hybridized carbons (Fsp3) is 0.556. The standard InChI is InChI=1S/C18H25N3O2/c1-13-3-6-16(14(2)11-13)18(23)21-9-7-20(8-10-21)12-17(22)19-15-4-5-15/h3,6,11,15H,4-5,7-10,12H2,1-2H3,(H,19,22). The molecule has 3 rings (SSSR count). The van der Waals surface area contributed by atoms with Crippen LogP contribution in [0.1, 0.15) is 34.3 Å². The number of aryl methyl sites for hydroxylation is 2. The molecule has 1 heterocycles. The minimum atomic E-state index is 0.101. The molecule has 23 heavy (non-hydrogen) atoms. The Morgan fingerprint density at radius 3 is 2.43 bits per heavy atom. The summed E-state index contributed by atoms with van der Waals surface area (Å²) in [7, 11) is 0. The third kappa shape index (κ3) is 4.10. The van der Waals surface area contributed by atoms with Gasteiger partial charge in [0.15, 0.2) is 0 Å². The lowest BCUT2D eigenvalue weighted by Gasteiger charge is -2.34. The smallest absolute Gasteiger partial charge is 0.254 e. The summed E-state index contributed by atoms with van der Waals surface area (Å²) in [4.78, 5) is 28.5. The van der Waals surface area contributed by atoms with Crippen LogP contribution in [0.3, 0.4) is 0 Å². The Morgan fingerprint density at radius 1 is 1.13 bits per heavy atom. The van der Waals surface area contributed by atoms with Crippen LogP contribution in [0.4, 0.5) is 0 Å². The average Bonchev–Trinajstić information content (AvgIpc) is 3.31. The van der Waals surface area contributed by atoms with E-state index in [2.05, 4.69) is 10.2 Å². The van der Waals surface area contributed by atoms with Crippen LogP contribution in [-0.2, 0) is 4.79 Å². The van der Waals surface area contributed by atoms with Gasteiger partial charge in [-0.15, -0.1) is 0 Å². The van der Waals surface area contributed by atoms with Crippen molar-refractivity contribution < 1.29 is 9.59 Å². The second-order valence-electron chi connectivity index (χ2n) is 6.73. The van der Waals surface area contributed by atoms with Crippen LogP contribution >= 0.6 is 0 Å². The van der Waals surface area contributed by atoms with E-state index in [4.69, 9.17) is 0 Å². The van der Waals surface area contributed by atoms with Gasteiger partial charge < -0.3 is 10.2 Å². The number of carbonyl (C=O) groups is 2. The Labute approximate surface area is 137 Å². The van der Waals surface area contributed by atoms with Crippen LogP contribution in [0.2, 0.25) is 0 Å². The molecule has 0 bridgehead atoms. The molecule has 0 aromatic heterocycles. The SMILES string of the molecule is Cc1ccc(C(=O)N2CCN(CC(=O)NC3CC3)CC2)c(C)c1. The third-order valence-electron chi connectivity index (χ3n) is 4.58. The lowest BCUT2D eigenvalue weighted by Crippen LogP contribution is -2.51. The quantitative estimate of drug-likeness (QED) is 0.912.